The number of hydrogen-bond acceptors (Lipinski definition) is 5. The van der Waals surface area contributed by atoms with E-state index in [2.05, 4.69) is 4.98 Å². The lowest BCUT2D eigenvalue weighted by Crippen LogP contribution is -2.09. The van der Waals surface area contributed by atoms with Crippen LogP contribution in [0, 0.1) is 5.92 Å². The topological polar surface area (TPSA) is 99.9 Å². The van der Waals surface area contributed by atoms with E-state index in [-0.39, 0.29) is 11.1 Å². The van der Waals surface area contributed by atoms with Gasteiger partial charge in [0.1, 0.15) is 11.1 Å². The Kier molecular flexibility index (Phi) is 4.27. The molecule has 0 radical (unpaired) electrons. The Bertz CT molecular complexity index is 668. The number of rotatable bonds is 5. The van der Waals surface area contributed by atoms with E-state index in [1.54, 1.807) is 19.0 Å². The van der Waals surface area contributed by atoms with E-state index in [1.165, 1.54) is 12.3 Å². The third kappa shape index (κ3) is 3.37. The first-order valence-electron chi connectivity index (χ1n) is 6.51. The molecule has 2 N–H and O–H groups in total. The van der Waals surface area contributed by atoms with Crippen molar-refractivity contribution in [3.8, 4) is 11.5 Å². The summed E-state index contributed by atoms with van der Waals surface area (Å²) in [7, 11) is -0.874. The molecule has 2 heterocycles. The first kappa shape index (κ1) is 15.8. The average molecular weight is 314 g/mol. The summed E-state index contributed by atoms with van der Waals surface area (Å²) in [6.45, 7) is 4.04. The number of hydrogen-bond donors (Lipinski definition) is 2. The van der Waals surface area contributed by atoms with Crippen LogP contribution >= 0.6 is 7.60 Å². The molecule has 0 saturated heterocycles. The van der Waals surface area contributed by atoms with Crippen LogP contribution in [-0.4, -0.2) is 28.9 Å². The lowest BCUT2D eigenvalue weighted by molar-refractivity contribution is 0.387. The van der Waals surface area contributed by atoms with Gasteiger partial charge >= 0.3 is 7.60 Å². The summed E-state index contributed by atoms with van der Waals surface area (Å²) >= 11 is 0. The van der Waals surface area contributed by atoms with Crippen LogP contribution in [0.5, 0.6) is 0 Å². The molecule has 0 spiro atoms. The number of oxazole rings is 1. The van der Waals surface area contributed by atoms with Crippen molar-refractivity contribution in [2.75, 3.05) is 19.0 Å². The van der Waals surface area contributed by atoms with Gasteiger partial charge in [-0.2, -0.15) is 4.98 Å². The molecule has 7 nitrogen and oxygen atoms in total. The maximum atomic E-state index is 11.5. The highest BCUT2D eigenvalue weighted by molar-refractivity contribution is 7.60. The van der Waals surface area contributed by atoms with Crippen LogP contribution in [0.3, 0.4) is 0 Å². The number of anilines is 1. The van der Waals surface area contributed by atoms with Gasteiger partial charge in [-0.1, -0.05) is 13.8 Å². The fraction of sp³-hybridized carbons (Fsp3) is 0.462. The molecule has 0 amide bonds. The quantitative estimate of drug-likeness (QED) is 0.814. The van der Waals surface area contributed by atoms with Gasteiger partial charge in [-0.05, 0) is 12.0 Å². The first-order valence-corrected chi connectivity index (χ1v) is 8.12. The van der Waals surface area contributed by atoms with E-state index in [0.29, 0.717) is 29.8 Å². The summed E-state index contributed by atoms with van der Waals surface area (Å²) in [4.78, 5) is 24.8. The summed E-state index contributed by atoms with van der Waals surface area (Å²) in [6, 6.07) is 1.63. The second kappa shape index (κ2) is 5.67. The maximum Gasteiger partial charge on any atom is 0.360 e. The van der Waals surface area contributed by atoms with Crippen molar-refractivity contribution in [2.24, 2.45) is 5.92 Å². The van der Waals surface area contributed by atoms with Gasteiger partial charge in [0.2, 0.25) is 0 Å². The molecule has 0 aliphatic heterocycles. The minimum absolute atomic E-state index is 0.0656. The molecule has 21 heavy (non-hydrogen) atoms. The van der Waals surface area contributed by atoms with Gasteiger partial charge < -0.3 is 23.5 Å². The monoisotopic (exact) mass is 314 g/mol. The zero-order valence-corrected chi connectivity index (χ0v) is 13.3. The largest absolute Gasteiger partial charge is 0.462 e. The summed E-state index contributed by atoms with van der Waals surface area (Å²) in [6.07, 6.45) is 1.84. The van der Waals surface area contributed by atoms with Gasteiger partial charge in [0.25, 0.3) is 6.01 Å². The van der Waals surface area contributed by atoms with Gasteiger partial charge in [0.05, 0.1) is 6.26 Å². The molecule has 0 atom stereocenters. The molecular formula is C13H19N2O5P. The minimum Gasteiger partial charge on any atom is -0.462 e. The van der Waals surface area contributed by atoms with Crippen molar-refractivity contribution in [3.63, 3.8) is 0 Å². The smallest absolute Gasteiger partial charge is 0.360 e. The summed E-state index contributed by atoms with van der Waals surface area (Å²) < 4.78 is 22.5. The van der Waals surface area contributed by atoms with E-state index in [9.17, 15) is 14.4 Å². The molecule has 0 bridgehead atoms. The Balaban J connectivity index is 2.57. The predicted octanol–water partition coefficient (Wildman–Crippen LogP) is 2.00. The maximum absolute atomic E-state index is 11.5. The first-order chi connectivity index (χ1) is 9.70. The lowest BCUT2D eigenvalue weighted by atomic mass is 10.1. The van der Waals surface area contributed by atoms with E-state index in [0.717, 1.165) is 0 Å². The van der Waals surface area contributed by atoms with Crippen LogP contribution in [0.15, 0.2) is 21.2 Å². The molecule has 0 saturated carbocycles. The normalized spacial score (nSPS) is 12.1. The summed E-state index contributed by atoms with van der Waals surface area (Å²) in [5.74, 6) is 0.925. The fourth-order valence-corrected chi connectivity index (χ4v) is 2.60. The van der Waals surface area contributed by atoms with Crippen molar-refractivity contribution < 1.29 is 23.2 Å². The highest BCUT2D eigenvalue weighted by Gasteiger charge is 2.29. The van der Waals surface area contributed by atoms with E-state index in [1.807, 2.05) is 13.8 Å². The van der Waals surface area contributed by atoms with E-state index in [4.69, 9.17) is 8.83 Å². The number of aromatic nitrogens is 1. The Morgan fingerprint density at radius 3 is 2.57 bits per heavy atom. The SMILES string of the molecule is CC(C)Cc1oc(N(C)C)nc1-c1occc1P(=O)(O)O. The van der Waals surface area contributed by atoms with Crippen LogP contribution in [0.1, 0.15) is 19.6 Å². The summed E-state index contributed by atoms with van der Waals surface area (Å²) in [5.41, 5.74) is 0.343. The number of nitrogens with zero attached hydrogens (tertiary/aromatic N) is 2. The molecular weight excluding hydrogens is 295 g/mol. The zero-order valence-electron chi connectivity index (χ0n) is 12.4. The standard InChI is InChI=1S/C13H19N2O5P/c1-8(2)7-9-11(14-13(20-9)15(3)4)12-10(5-6-19-12)21(16,17)18/h5-6,8H,7H2,1-4H3,(H2,16,17,18). The van der Waals surface area contributed by atoms with Crippen LogP contribution in [0.25, 0.3) is 11.5 Å². The number of furan rings is 1. The van der Waals surface area contributed by atoms with Gasteiger partial charge in [0, 0.05) is 20.5 Å². The Labute approximate surface area is 122 Å². The van der Waals surface area contributed by atoms with Gasteiger partial charge in [0.15, 0.2) is 11.5 Å². The third-order valence-corrected chi connectivity index (χ3v) is 3.82. The predicted molar refractivity (Wildman–Crippen MR) is 78.8 cm³/mol. The minimum atomic E-state index is -4.43. The highest BCUT2D eigenvalue weighted by Crippen LogP contribution is 2.40. The molecule has 2 aromatic rings. The average Bonchev–Trinajstić information content (AvgIpc) is 2.92. The molecule has 2 rings (SSSR count). The van der Waals surface area contributed by atoms with Crippen molar-refractivity contribution >= 4 is 18.9 Å². The lowest BCUT2D eigenvalue weighted by Gasteiger charge is -2.05. The van der Waals surface area contributed by atoms with Gasteiger partial charge in [-0.25, -0.2) is 0 Å². The van der Waals surface area contributed by atoms with Crippen LogP contribution < -0.4 is 10.2 Å². The molecule has 0 aliphatic rings. The van der Waals surface area contributed by atoms with E-state index < -0.39 is 7.60 Å². The molecule has 2 aromatic heterocycles. The molecule has 0 aromatic carbocycles. The molecule has 0 aliphatic carbocycles. The zero-order chi connectivity index (χ0) is 15.8. The van der Waals surface area contributed by atoms with E-state index >= 15 is 0 Å². The molecule has 0 fully saturated rings. The molecule has 8 heteroatoms. The Morgan fingerprint density at radius 1 is 1.38 bits per heavy atom. The summed E-state index contributed by atoms with van der Waals surface area (Å²) in [5, 5.41) is -0.175. The molecule has 116 valence electrons. The van der Waals surface area contributed by atoms with Gasteiger partial charge in [-0.3, -0.25) is 4.57 Å². The fourth-order valence-electron chi connectivity index (χ4n) is 1.93. The molecule has 0 unspecified atom stereocenters. The van der Waals surface area contributed by atoms with Crippen molar-refractivity contribution in [2.45, 2.75) is 20.3 Å². The van der Waals surface area contributed by atoms with Crippen LogP contribution in [-0.2, 0) is 11.0 Å². The van der Waals surface area contributed by atoms with Crippen molar-refractivity contribution in [1.29, 1.82) is 0 Å². The third-order valence-electron chi connectivity index (χ3n) is 2.84. The second-order valence-corrected chi connectivity index (χ2v) is 7.01. The van der Waals surface area contributed by atoms with Crippen molar-refractivity contribution in [3.05, 3.63) is 18.1 Å². The highest BCUT2D eigenvalue weighted by atomic mass is 31.2. The van der Waals surface area contributed by atoms with Crippen molar-refractivity contribution in [1.82, 2.24) is 4.98 Å². The van der Waals surface area contributed by atoms with Crippen LogP contribution in [0.2, 0.25) is 0 Å². The second-order valence-electron chi connectivity index (χ2n) is 5.44. The van der Waals surface area contributed by atoms with Gasteiger partial charge in [-0.15, -0.1) is 0 Å². The Morgan fingerprint density at radius 2 is 2.05 bits per heavy atom. The van der Waals surface area contributed by atoms with Crippen LogP contribution in [0.4, 0.5) is 6.01 Å². The Hall–Kier alpha value is -1.56.